The van der Waals surface area contributed by atoms with Gasteiger partial charge in [0.05, 0.1) is 6.61 Å². The van der Waals surface area contributed by atoms with Crippen molar-refractivity contribution < 1.29 is 19.7 Å². The third-order valence-electron chi connectivity index (χ3n) is 5.79. The Bertz CT molecular complexity index is 709. The second-order valence-corrected chi connectivity index (χ2v) is 9.03. The van der Waals surface area contributed by atoms with Gasteiger partial charge in [-0.15, -0.1) is 0 Å². The fourth-order valence-electron chi connectivity index (χ4n) is 3.74. The van der Waals surface area contributed by atoms with Crippen LogP contribution < -0.4 is 10.1 Å². The van der Waals surface area contributed by atoms with Crippen LogP contribution in [0.5, 0.6) is 5.75 Å². The van der Waals surface area contributed by atoms with Crippen molar-refractivity contribution in [2.45, 2.75) is 97.3 Å². The summed E-state index contributed by atoms with van der Waals surface area (Å²) in [6, 6.07) is 7.16. The zero-order chi connectivity index (χ0) is 24.9. The van der Waals surface area contributed by atoms with Crippen molar-refractivity contribution in [2.24, 2.45) is 0 Å². The van der Waals surface area contributed by atoms with Gasteiger partial charge in [-0.1, -0.05) is 77.6 Å². The molecule has 0 saturated carbocycles. The molecule has 192 valence electrons. The number of aliphatic hydroxyl groups is 2. The van der Waals surface area contributed by atoms with Gasteiger partial charge in [-0.05, 0) is 44.0 Å². The SMILES string of the molecule is CCCCCCCCCCCCCCOc1ccc(/C(O)=C/C(=O)/C=C(\C)NCCCO)cc1. The highest BCUT2D eigenvalue weighted by Crippen LogP contribution is 2.18. The van der Waals surface area contributed by atoms with Gasteiger partial charge in [0.1, 0.15) is 11.5 Å². The van der Waals surface area contributed by atoms with E-state index in [-0.39, 0.29) is 18.1 Å². The van der Waals surface area contributed by atoms with E-state index < -0.39 is 0 Å². The number of rotatable bonds is 21. The summed E-state index contributed by atoms with van der Waals surface area (Å²) in [7, 11) is 0. The molecule has 1 aromatic rings. The summed E-state index contributed by atoms with van der Waals surface area (Å²) in [5, 5.41) is 22.1. The van der Waals surface area contributed by atoms with Gasteiger partial charge in [0, 0.05) is 36.6 Å². The standard InChI is InChI=1S/C29H47NO4/c1-3-4-5-6-7-8-9-10-11-12-13-14-22-34-28-18-16-26(17-19-28)29(33)24-27(32)23-25(2)30-20-15-21-31/h16-19,23-24,30-31,33H,3-15,20-22H2,1-2H3/b25-23+,29-24-. The predicted molar refractivity (Wildman–Crippen MR) is 142 cm³/mol. The zero-order valence-corrected chi connectivity index (χ0v) is 21.5. The third-order valence-corrected chi connectivity index (χ3v) is 5.79. The minimum absolute atomic E-state index is 0.0723. The Kier molecular flexibility index (Phi) is 17.6. The van der Waals surface area contributed by atoms with Crippen molar-refractivity contribution in [3.05, 3.63) is 47.7 Å². The minimum atomic E-state index is -0.293. The molecule has 34 heavy (non-hydrogen) atoms. The first kappa shape index (κ1) is 29.8. The number of benzene rings is 1. The van der Waals surface area contributed by atoms with Crippen molar-refractivity contribution in [3.63, 3.8) is 0 Å². The number of ketones is 1. The number of carbonyl (C=O) groups excluding carboxylic acids is 1. The first-order valence-electron chi connectivity index (χ1n) is 13.3. The molecular weight excluding hydrogens is 426 g/mol. The normalized spacial score (nSPS) is 12.1. The van der Waals surface area contributed by atoms with Gasteiger partial charge in [-0.25, -0.2) is 0 Å². The molecule has 5 heteroatoms. The van der Waals surface area contributed by atoms with Gasteiger partial charge < -0.3 is 20.3 Å². The molecule has 0 spiro atoms. The van der Waals surface area contributed by atoms with Crippen LogP contribution in [0.1, 0.15) is 103 Å². The molecule has 5 nitrogen and oxygen atoms in total. The lowest BCUT2D eigenvalue weighted by Gasteiger charge is -2.07. The second-order valence-electron chi connectivity index (χ2n) is 9.03. The second kappa shape index (κ2) is 20.1. The Morgan fingerprint density at radius 3 is 1.97 bits per heavy atom. The first-order valence-corrected chi connectivity index (χ1v) is 13.3. The maximum Gasteiger partial charge on any atom is 0.184 e. The summed E-state index contributed by atoms with van der Waals surface area (Å²) >= 11 is 0. The predicted octanol–water partition coefficient (Wildman–Crippen LogP) is 7.11. The molecular formula is C29H47NO4. The number of aliphatic hydroxyl groups excluding tert-OH is 2. The van der Waals surface area contributed by atoms with Crippen LogP contribution in [-0.4, -0.2) is 35.8 Å². The molecule has 3 N–H and O–H groups in total. The molecule has 0 radical (unpaired) electrons. The summed E-state index contributed by atoms with van der Waals surface area (Å²) < 4.78 is 5.81. The molecule has 0 atom stereocenters. The van der Waals surface area contributed by atoms with E-state index in [1.807, 2.05) is 12.1 Å². The van der Waals surface area contributed by atoms with E-state index in [0.29, 0.717) is 30.8 Å². The fourth-order valence-corrected chi connectivity index (χ4v) is 3.74. The molecule has 0 fully saturated rings. The number of ether oxygens (including phenoxy) is 1. The molecule has 0 unspecified atom stereocenters. The highest BCUT2D eigenvalue weighted by atomic mass is 16.5. The molecule has 0 aliphatic heterocycles. The third kappa shape index (κ3) is 15.5. The minimum Gasteiger partial charge on any atom is -0.507 e. The summed E-state index contributed by atoms with van der Waals surface area (Å²) in [4.78, 5) is 12.1. The van der Waals surface area contributed by atoms with Crippen molar-refractivity contribution in [1.29, 1.82) is 0 Å². The molecule has 0 bridgehead atoms. The van der Waals surface area contributed by atoms with Crippen molar-refractivity contribution in [3.8, 4) is 5.75 Å². The van der Waals surface area contributed by atoms with Crippen LogP contribution in [0.15, 0.2) is 42.1 Å². The van der Waals surface area contributed by atoms with Crippen molar-refractivity contribution in [2.75, 3.05) is 19.8 Å². The first-order chi connectivity index (χ1) is 16.6. The number of nitrogens with one attached hydrogen (secondary N) is 1. The van der Waals surface area contributed by atoms with Crippen LogP contribution in [0.3, 0.4) is 0 Å². The van der Waals surface area contributed by atoms with E-state index in [1.165, 1.54) is 82.8 Å². The van der Waals surface area contributed by atoms with Crippen molar-refractivity contribution >= 4 is 11.5 Å². The van der Waals surface area contributed by atoms with E-state index in [1.54, 1.807) is 19.1 Å². The molecule has 0 aliphatic rings. The van der Waals surface area contributed by atoms with Crippen LogP contribution in [-0.2, 0) is 4.79 Å². The van der Waals surface area contributed by atoms with E-state index in [9.17, 15) is 9.90 Å². The Morgan fingerprint density at radius 1 is 0.853 bits per heavy atom. The van der Waals surface area contributed by atoms with Crippen LogP contribution >= 0.6 is 0 Å². The average Bonchev–Trinajstić information content (AvgIpc) is 2.82. The van der Waals surface area contributed by atoms with Gasteiger partial charge in [0.15, 0.2) is 5.78 Å². The van der Waals surface area contributed by atoms with Gasteiger partial charge >= 0.3 is 0 Å². The number of allylic oxidation sites excluding steroid dienone is 3. The summed E-state index contributed by atoms with van der Waals surface area (Å²) in [5.74, 6) is 0.408. The van der Waals surface area contributed by atoms with Crippen LogP contribution in [0, 0.1) is 0 Å². The maximum absolute atomic E-state index is 12.1. The molecule has 1 rings (SSSR count). The lowest BCUT2D eigenvalue weighted by atomic mass is 10.1. The largest absolute Gasteiger partial charge is 0.507 e. The van der Waals surface area contributed by atoms with E-state index in [4.69, 9.17) is 9.84 Å². The number of carbonyl (C=O) groups is 1. The molecule has 0 heterocycles. The van der Waals surface area contributed by atoms with E-state index in [2.05, 4.69) is 12.2 Å². The van der Waals surface area contributed by atoms with Gasteiger partial charge in [0.25, 0.3) is 0 Å². The summed E-state index contributed by atoms with van der Waals surface area (Å²) in [5.41, 5.74) is 1.27. The molecule has 0 aliphatic carbocycles. The molecule has 0 aromatic heterocycles. The summed E-state index contributed by atoms with van der Waals surface area (Å²) in [6.07, 6.45) is 19.1. The number of unbranched alkanes of at least 4 members (excludes halogenated alkanes) is 11. The number of hydrogen-bond acceptors (Lipinski definition) is 5. The van der Waals surface area contributed by atoms with E-state index in [0.717, 1.165) is 12.2 Å². The molecule has 0 amide bonds. The smallest absolute Gasteiger partial charge is 0.184 e. The van der Waals surface area contributed by atoms with Crippen LogP contribution in [0.2, 0.25) is 0 Å². The maximum atomic E-state index is 12.1. The van der Waals surface area contributed by atoms with Crippen LogP contribution in [0.25, 0.3) is 5.76 Å². The molecule has 1 aromatic carbocycles. The Balaban J connectivity index is 2.18. The molecule has 0 saturated heterocycles. The van der Waals surface area contributed by atoms with Crippen LogP contribution in [0.4, 0.5) is 0 Å². The lowest BCUT2D eigenvalue weighted by Crippen LogP contribution is -2.14. The van der Waals surface area contributed by atoms with Gasteiger partial charge in [0.2, 0.25) is 0 Å². The van der Waals surface area contributed by atoms with Gasteiger partial charge in [-0.2, -0.15) is 0 Å². The Labute approximate surface area is 207 Å². The monoisotopic (exact) mass is 473 g/mol. The number of hydrogen-bond donors (Lipinski definition) is 3. The van der Waals surface area contributed by atoms with Gasteiger partial charge in [-0.3, -0.25) is 4.79 Å². The average molecular weight is 474 g/mol. The zero-order valence-electron chi connectivity index (χ0n) is 21.5. The quantitative estimate of drug-likeness (QED) is 0.101. The Morgan fingerprint density at radius 2 is 1.41 bits per heavy atom. The Hall–Kier alpha value is -2.27. The lowest BCUT2D eigenvalue weighted by molar-refractivity contribution is -0.110. The topological polar surface area (TPSA) is 78.8 Å². The van der Waals surface area contributed by atoms with E-state index >= 15 is 0 Å². The highest BCUT2D eigenvalue weighted by molar-refractivity contribution is 6.03. The summed E-state index contributed by atoms with van der Waals surface area (Å²) in [6.45, 7) is 5.45. The fraction of sp³-hybridized carbons (Fsp3) is 0.621. The van der Waals surface area contributed by atoms with Crippen molar-refractivity contribution in [1.82, 2.24) is 5.32 Å². The highest BCUT2D eigenvalue weighted by Gasteiger charge is 2.04.